The predicted molar refractivity (Wildman–Crippen MR) is 113 cm³/mol. The van der Waals surface area contributed by atoms with Crippen molar-refractivity contribution in [3.05, 3.63) is 74.0 Å². The lowest BCUT2D eigenvalue weighted by molar-refractivity contribution is -0.112. The van der Waals surface area contributed by atoms with Crippen LogP contribution in [0.5, 0.6) is 0 Å². The molecule has 0 aromatic heterocycles. The summed E-state index contributed by atoms with van der Waals surface area (Å²) in [4.78, 5) is 24.4. The van der Waals surface area contributed by atoms with Gasteiger partial charge in [0.25, 0.3) is 5.91 Å². The van der Waals surface area contributed by atoms with Crippen molar-refractivity contribution in [2.75, 3.05) is 5.32 Å². The van der Waals surface area contributed by atoms with Crippen molar-refractivity contribution in [1.29, 1.82) is 0 Å². The van der Waals surface area contributed by atoms with Gasteiger partial charge in [-0.3, -0.25) is 15.0 Å². The number of carbonyl (C=O) groups is 2. The van der Waals surface area contributed by atoms with Gasteiger partial charge in [0.15, 0.2) is 0 Å². The standard InChI is InChI=1S/C20H22IN3O2/c1-12-9-13(2)19(14(3)10-12)22-18(25)11-15(4)23-24-20(26)16-7-5-6-8-17(16)21/h5-11,23H,1-4H3,(H,22,25)(H,24,26). The zero-order valence-electron chi connectivity index (χ0n) is 15.2. The van der Waals surface area contributed by atoms with Crippen molar-refractivity contribution >= 4 is 40.1 Å². The Balaban J connectivity index is 1.98. The number of hydrazine groups is 1. The Morgan fingerprint density at radius 2 is 1.62 bits per heavy atom. The molecular formula is C20H22IN3O2. The van der Waals surface area contributed by atoms with Crippen LogP contribution in [0.4, 0.5) is 5.69 Å². The predicted octanol–water partition coefficient (Wildman–Crippen LogP) is 3.99. The molecule has 0 saturated heterocycles. The summed E-state index contributed by atoms with van der Waals surface area (Å²) >= 11 is 2.11. The third-order valence-electron chi connectivity index (χ3n) is 3.76. The summed E-state index contributed by atoms with van der Waals surface area (Å²) in [6, 6.07) is 11.3. The van der Waals surface area contributed by atoms with Crippen LogP contribution in [0, 0.1) is 24.3 Å². The molecule has 26 heavy (non-hydrogen) atoms. The number of hydrogen-bond acceptors (Lipinski definition) is 3. The van der Waals surface area contributed by atoms with Crippen LogP contribution in [-0.4, -0.2) is 11.8 Å². The van der Waals surface area contributed by atoms with E-state index in [0.717, 1.165) is 25.9 Å². The number of nitrogens with one attached hydrogen (secondary N) is 3. The molecule has 6 heteroatoms. The molecule has 2 amide bonds. The molecule has 2 aromatic rings. The molecule has 2 rings (SSSR count). The molecule has 0 aliphatic carbocycles. The molecule has 3 N–H and O–H groups in total. The average Bonchev–Trinajstić information content (AvgIpc) is 2.56. The topological polar surface area (TPSA) is 70.2 Å². The van der Waals surface area contributed by atoms with E-state index >= 15 is 0 Å². The van der Waals surface area contributed by atoms with Crippen LogP contribution in [0.15, 0.2) is 48.2 Å². The highest BCUT2D eigenvalue weighted by Crippen LogP contribution is 2.21. The highest BCUT2D eigenvalue weighted by atomic mass is 127. The highest BCUT2D eigenvalue weighted by Gasteiger charge is 2.09. The van der Waals surface area contributed by atoms with Gasteiger partial charge in [-0.15, -0.1) is 0 Å². The Morgan fingerprint density at radius 1 is 1.00 bits per heavy atom. The molecule has 0 fully saturated rings. The van der Waals surface area contributed by atoms with Crippen molar-refractivity contribution in [2.24, 2.45) is 0 Å². The van der Waals surface area contributed by atoms with Crippen LogP contribution in [0.1, 0.15) is 34.0 Å². The van der Waals surface area contributed by atoms with Crippen molar-refractivity contribution < 1.29 is 9.59 Å². The molecule has 136 valence electrons. The molecule has 0 heterocycles. The van der Waals surface area contributed by atoms with E-state index in [0.29, 0.717) is 11.3 Å². The van der Waals surface area contributed by atoms with Gasteiger partial charge in [-0.05, 0) is 73.5 Å². The lowest BCUT2D eigenvalue weighted by Crippen LogP contribution is -2.36. The van der Waals surface area contributed by atoms with Crippen LogP contribution in [0.25, 0.3) is 0 Å². The number of rotatable bonds is 5. The van der Waals surface area contributed by atoms with Crippen LogP contribution in [0.2, 0.25) is 0 Å². The molecule has 0 saturated carbocycles. The number of amides is 2. The molecule has 0 unspecified atom stereocenters. The summed E-state index contributed by atoms with van der Waals surface area (Å²) in [6.45, 7) is 7.67. The summed E-state index contributed by atoms with van der Waals surface area (Å²) < 4.78 is 0.856. The summed E-state index contributed by atoms with van der Waals surface area (Å²) in [6.07, 6.45) is 1.41. The van der Waals surface area contributed by atoms with E-state index < -0.39 is 0 Å². The summed E-state index contributed by atoms with van der Waals surface area (Å²) in [5, 5.41) is 2.90. The second-order valence-corrected chi connectivity index (χ2v) is 7.31. The van der Waals surface area contributed by atoms with E-state index in [1.807, 2.05) is 45.0 Å². The maximum Gasteiger partial charge on any atom is 0.270 e. The number of anilines is 1. The van der Waals surface area contributed by atoms with E-state index in [-0.39, 0.29) is 11.8 Å². The van der Waals surface area contributed by atoms with Crippen LogP contribution in [-0.2, 0) is 4.79 Å². The van der Waals surface area contributed by atoms with E-state index in [2.05, 4.69) is 38.8 Å². The minimum absolute atomic E-state index is 0.256. The third-order valence-corrected chi connectivity index (χ3v) is 4.71. The zero-order valence-corrected chi connectivity index (χ0v) is 17.4. The fraction of sp³-hybridized carbons (Fsp3) is 0.200. The van der Waals surface area contributed by atoms with Crippen molar-refractivity contribution in [1.82, 2.24) is 10.9 Å². The van der Waals surface area contributed by atoms with Gasteiger partial charge in [-0.1, -0.05) is 29.8 Å². The molecule has 0 atom stereocenters. The maximum atomic E-state index is 12.2. The Labute approximate surface area is 167 Å². The first kappa shape index (κ1) is 20.0. The van der Waals surface area contributed by atoms with Crippen LogP contribution in [0.3, 0.4) is 0 Å². The second kappa shape index (κ2) is 8.84. The van der Waals surface area contributed by atoms with Crippen LogP contribution >= 0.6 is 22.6 Å². The van der Waals surface area contributed by atoms with Gasteiger partial charge in [-0.25, -0.2) is 0 Å². The average molecular weight is 463 g/mol. The number of aryl methyl sites for hydroxylation is 3. The first-order chi connectivity index (χ1) is 12.3. The summed E-state index contributed by atoms with van der Waals surface area (Å²) in [5.74, 6) is -0.512. The highest BCUT2D eigenvalue weighted by molar-refractivity contribution is 14.1. The second-order valence-electron chi connectivity index (χ2n) is 6.15. The summed E-state index contributed by atoms with van der Waals surface area (Å²) in [7, 11) is 0. The van der Waals surface area contributed by atoms with Crippen LogP contribution < -0.4 is 16.2 Å². The Kier molecular flexibility index (Phi) is 6.79. The van der Waals surface area contributed by atoms with Gasteiger partial charge in [0.05, 0.1) is 5.56 Å². The monoisotopic (exact) mass is 463 g/mol. The fourth-order valence-electron chi connectivity index (χ4n) is 2.64. The number of hydrogen-bond donors (Lipinski definition) is 3. The van der Waals surface area contributed by atoms with E-state index in [4.69, 9.17) is 0 Å². The Bertz CT molecular complexity index is 852. The minimum atomic E-state index is -0.256. The Hall–Kier alpha value is -2.35. The molecule has 5 nitrogen and oxygen atoms in total. The minimum Gasteiger partial charge on any atom is -0.322 e. The number of allylic oxidation sites excluding steroid dienone is 1. The molecule has 0 aliphatic heterocycles. The van der Waals surface area contributed by atoms with Crippen molar-refractivity contribution in [3.8, 4) is 0 Å². The van der Waals surface area contributed by atoms with Gasteiger partial charge in [0, 0.05) is 21.0 Å². The third kappa shape index (κ3) is 5.32. The van der Waals surface area contributed by atoms with E-state index in [9.17, 15) is 9.59 Å². The number of benzene rings is 2. The largest absolute Gasteiger partial charge is 0.322 e. The lowest BCUT2D eigenvalue weighted by atomic mass is 10.1. The smallest absolute Gasteiger partial charge is 0.270 e. The van der Waals surface area contributed by atoms with Gasteiger partial charge in [0.1, 0.15) is 0 Å². The molecule has 0 aliphatic rings. The zero-order chi connectivity index (χ0) is 19.3. The molecule has 0 bridgehead atoms. The SMILES string of the molecule is CC(=CC(=O)Nc1c(C)cc(C)cc1C)NNC(=O)c1ccccc1I. The normalized spacial score (nSPS) is 11.0. The molecule has 0 radical (unpaired) electrons. The Morgan fingerprint density at radius 3 is 2.23 bits per heavy atom. The first-order valence-electron chi connectivity index (χ1n) is 8.16. The first-order valence-corrected chi connectivity index (χ1v) is 9.24. The lowest BCUT2D eigenvalue weighted by Gasteiger charge is -2.13. The van der Waals surface area contributed by atoms with Gasteiger partial charge >= 0.3 is 0 Å². The van der Waals surface area contributed by atoms with Gasteiger partial charge in [-0.2, -0.15) is 0 Å². The number of carbonyl (C=O) groups excluding carboxylic acids is 2. The maximum absolute atomic E-state index is 12.2. The quantitative estimate of drug-likeness (QED) is 0.357. The van der Waals surface area contributed by atoms with Gasteiger partial charge < -0.3 is 10.7 Å². The van der Waals surface area contributed by atoms with E-state index in [1.54, 1.807) is 19.1 Å². The number of halogens is 1. The molecular weight excluding hydrogens is 441 g/mol. The van der Waals surface area contributed by atoms with E-state index in [1.165, 1.54) is 6.08 Å². The van der Waals surface area contributed by atoms with Crippen molar-refractivity contribution in [3.63, 3.8) is 0 Å². The summed E-state index contributed by atoms with van der Waals surface area (Å²) in [5.41, 5.74) is 10.5. The van der Waals surface area contributed by atoms with Gasteiger partial charge in [0.2, 0.25) is 5.91 Å². The fourth-order valence-corrected chi connectivity index (χ4v) is 3.27. The molecule has 2 aromatic carbocycles. The van der Waals surface area contributed by atoms with Crippen molar-refractivity contribution in [2.45, 2.75) is 27.7 Å². The molecule has 0 spiro atoms.